The molecular formula is C12H14N4OS. The van der Waals surface area contributed by atoms with Crippen molar-refractivity contribution in [1.82, 2.24) is 15.0 Å². The highest BCUT2D eigenvalue weighted by Gasteiger charge is 2.09. The maximum Gasteiger partial charge on any atom is 0.121 e. The summed E-state index contributed by atoms with van der Waals surface area (Å²) in [5.41, 5.74) is 8.47. The zero-order valence-corrected chi connectivity index (χ0v) is 11.1. The quantitative estimate of drug-likeness (QED) is 0.847. The number of hydrogen-bond acceptors (Lipinski definition) is 4. The van der Waals surface area contributed by atoms with Crippen LogP contribution in [0.25, 0.3) is 11.3 Å². The minimum absolute atomic E-state index is 0.381. The molecule has 1 aromatic carbocycles. The topological polar surface area (TPSA) is 66.0 Å². The molecule has 0 fully saturated rings. The number of hydrogen-bond donors (Lipinski definition) is 1. The van der Waals surface area contributed by atoms with Crippen molar-refractivity contribution in [1.29, 1.82) is 0 Å². The highest BCUT2D eigenvalue weighted by atomic mass is 32.1. The van der Waals surface area contributed by atoms with Crippen LogP contribution in [-0.2, 0) is 6.54 Å². The number of nitrogens with two attached hydrogens (primary N) is 1. The van der Waals surface area contributed by atoms with Crippen LogP contribution in [0.1, 0.15) is 5.56 Å². The highest BCUT2D eigenvalue weighted by molar-refractivity contribution is 7.80. The third kappa shape index (κ3) is 2.48. The first kappa shape index (κ1) is 12.5. The first-order valence-electron chi connectivity index (χ1n) is 5.43. The Hall–Kier alpha value is -1.95. The summed E-state index contributed by atoms with van der Waals surface area (Å²) in [6, 6.07) is 5.90. The van der Waals surface area contributed by atoms with E-state index in [-0.39, 0.29) is 0 Å². The molecule has 5 nitrogen and oxygen atoms in total. The number of nitrogens with zero attached hydrogens (tertiary/aromatic N) is 3. The van der Waals surface area contributed by atoms with Crippen molar-refractivity contribution in [2.24, 2.45) is 5.73 Å². The lowest BCUT2D eigenvalue weighted by Gasteiger charge is -2.08. The predicted molar refractivity (Wildman–Crippen MR) is 73.5 cm³/mol. The normalized spacial score (nSPS) is 10.3. The van der Waals surface area contributed by atoms with Crippen LogP contribution in [0.2, 0.25) is 0 Å². The highest BCUT2D eigenvalue weighted by Crippen LogP contribution is 2.25. The molecule has 0 amide bonds. The van der Waals surface area contributed by atoms with Crippen LogP contribution < -0.4 is 10.5 Å². The van der Waals surface area contributed by atoms with Crippen molar-refractivity contribution < 1.29 is 4.74 Å². The fraction of sp³-hybridized carbons (Fsp3) is 0.250. The molecule has 0 bridgehead atoms. The molecule has 0 unspecified atom stereocenters. The molecule has 0 radical (unpaired) electrons. The van der Waals surface area contributed by atoms with E-state index in [9.17, 15) is 0 Å². The average molecular weight is 262 g/mol. The summed E-state index contributed by atoms with van der Waals surface area (Å²) in [6.07, 6.45) is 1.69. The molecule has 0 aliphatic heterocycles. The lowest BCUT2D eigenvalue weighted by Crippen LogP contribution is -2.18. The maximum absolute atomic E-state index is 5.53. The molecule has 0 saturated heterocycles. The van der Waals surface area contributed by atoms with Gasteiger partial charge in [0.2, 0.25) is 0 Å². The lowest BCUT2D eigenvalue weighted by molar-refractivity contribution is 0.412. The van der Waals surface area contributed by atoms with Crippen LogP contribution in [0.5, 0.6) is 5.75 Å². The molecule has 18 heavy (non-hydrogen) atoms. The zero-order valence-electron chi connectivity index (χ0n) is 10.3. The molecule has 2 aromatic rings. The van der Waals surface area contributed by atoms with Crippen molar-refractivity contribution in [2.75, 3.05) is 7.11 Å². The molecule has 2 rings (SSSR count). The fourth-order valence-corrected chi connectivity index (χ4v) is 1.91. The van der Waals surface area contributed by atoms with Crippen LogP contribution in [-0.4, -0.2) is 27.1 Å². The fourth-order valence-electron chi connectivity index (χ4n) is 1.78. The predicted octanol–water partition coefficient (Wildman–Crippen LogP) is 1.55. The number of methoxy groups -OCH3 is 1. The van der Waals surface area contributed by atoms with Gasteiger partial charge in [-0.05, 0) is 30.7 Å². The van der Waals surface area contributed by atoms with Crippen LogP contribution in [0.4, 0.5) is 0 Å². The second-order valence-corrected chi connectivity index (χ2v) is 4.45. The Balaban J connectivity index is 2.40. The smallest absolute Gasteiger partial charge is 0.121 e. The van der Waals surface area contributed by atoms with E-state index in [4.69, 9.17) is 22.7 Å². The van der Waals surface area contributed by atoms with Crippen molar-refractivity contribution in [3.05, 3.63) is 30.0 Å². The van der Waals surface area contributed by atoms with E-state index in [1.807, 2.05) is 25.1 Å². The standard InChI is InChI=1S/C12H14N4OS/c1-8-5-9(3-4-11(8)17-2)10-6-14-15-16(10)7-12(13)18/h3-6H,7H2,1-2H3,(H2,13,18). The Morgan fingerprint density at radius 2 is 2.28 bits per heavy atom. The van der Waals surface area contributed by atoms with E-state index < -0.39 is 0 Å². The first-order valence-corrected chi connectivity index (χ1v) is 5.84. The van der Waals surface area contributed by atoms with Gasteiger partial charge in [-0.25, -0.2) is 4.68 Å². The Bertz CT molecular complexity index is 579. The Labute approximate surface area is 111 Å². The van der Waals surface area contributed by atoms with Crippen LogP contribution in [0.15, 0.2) is 24.4 Å². The molecule has 6 heteroatoms. The van der Waals surface area contributed by atoms with Gasteiger partial charge in [-0.2, -0.15) is 0 Å². The molecule has 94 valence electrons. The molecule has 0 atom stereocenters. The second kappa shape index (κ2) is 5.14. The third-order valence-electron chi connectivity index (χ3n) is 2.61. The molecular weight excluding hydrogens is 248 g/mol. The van der Waals surface area contributed by atoms with Gasteiger partial charge in [0.1, 0.15) is 5.75 Å². The summed E-state index contributed by atoms with van der Waals surface area (Å²) in [7, 11) is 1.65. The van der Waals surface area contributed by atoms with Crippen molar-refractivity contribution >= 4 is 17.2 Å². The van der Waals surface area contributed by atoms with Gasteiger partial charge < -0.3 is 10.5 Å². The van der Waals surface area contributed by atoms with Gasteiger partial charge in [-0.3, -0.25) is 0 Å². The number of thiocarbonyl (C=S) groups is 1. The summed E-state index contributed by atoms with van der Waals surface area (Å²) >= 11 is 4.89. The number of aryl methyl sites for hydroxylation is 1. The van der Waals surface area contributed by atoms with E-state index >= 15 is 0 Å². The van der Waals surface area contributed by atoms with Crippen LogP contribution >= 0.6 is 12.2 Å². The summed E-state index contributed by atoms with van der Waals surface area (Å²) < 4.78 is 6.92. The van der Waals surface area contributed by atoms with Gasteiger partial charge >= 0.3 is 0 Å². The van der Waals surface area contributed by atoms with Gasteiger partial charge in [0.15, 0.2) is 0 Å². The summed E-state index contributed by atoms with van der Waals surface area (Å²) in [6.45, 7) is 2.37. The SMILES string of the molecule is COc1ccc(-c2cnnn2CC(N)=S)cc1C. The van der Waals surface area contributed by atoms with Gasteiger partial charge in [-0.1, -0.05) is 17.4 Å². The Kier molecular flexibility index (Phi) is 3.57. The monoisotopic (exact) mass is 262 g/mol. The summed E-state index contributed by atoms with van der Waals surface area (Å²) in [5.74, 6) is 0.854. The van der Waals surface area contributed by atoms with Crippen molar-refractivity contribution in [3.63, 3.8) is 0 Å². The van der Waals surface area contributed by atoms with E-state index in [0.29, 0.717) is 11.5 Å². The minimum atomic E-state index is 0.381. The number of aromatic nitrogens is 3. The van der Waals surface area contributed by atoms with Crippen LogP contribution in [0, 0.1) is 6.92 Å². The molecule has 0 spiro atoms. The minimum Gasteiger partial charge on any atom is -0.496 e. The second-order valence-electron chi connectivity index (χ2n) is 3.93. The number of rotatable bonds is 4. The third-order valence-corrected chi connectivity index (χ3v) is 2.74. The van der Waals surface area contributed by atoms with E-state index in [1.165, 1.54) is 0 Å². The van der Waals surface area contributed by atoms with Gasteiger partial charge in [0.25, 0.3) is 0 Å². The maximum atomic E-state index is 5.53. The average Bonchev–Trinajstić information content (AvgIpc) is 2.76. The molecule has 0 saturated carbocycles. The lowest BCUT2D eigenvalue weighted by atomic mass is 10.1. The number of ether oxygens (including phenoxy) is 1. The summed E-state index contributed by atoms with van der Waals surface area (Å²) in [4.78, 5) is 0.381. The van der Waals surface area contributed by atoms with Crippen molar-refractivity contribution in [3.8, 4) is 17.0 Å². The van der Waals surface area contributed by atoms with E-state index in [1.54, 1.807) is 18.0 Å². The molecule has 0 aliphatic rings. The van der Waals surface area contributed by atoms with Gasteiger partial charge in [-0.15, -0.1) is 5.10 Å². The number of benzene rings is 1. The Morgan fingerprint density at radius 3 is 2.89 bits per heavy atom. The molecule has 1 aromatic heterocycles. The molecule has 0 aliphatic carbocycles. The van der Waals surface area contributed by atoms with Crippen LogP contribution in [0.3, 0.4) is 0 Å². The van der Waals surface area contributed by atoms with E-state index in [0.717, 1.165) is 22.6 Å². The zero-order chi connectivity index (χ0) is 13.1. The summed E-state index contributed by atoms with van der Waals surface area (Å²) in [5, 5.41) is 7.86. The van der Waals surface area contributed by atoms with Gasteiger partial charge in [0, 0.05) is 5.56 Å². The molecule has 1 heterocycles. The molecule has 2 N–H and O–H groups in total. The van der Waals surface area contributed by atoms with Crippen molar-refractivity contribution in [2.45, 2.75) is 13.5 Å². The Morgan fingerprint density at radius 1 is 1.50 bits per heavy atom. The van der Waals surface area contributed by atoms with E-state index in [2.05, 4.69) is 10.3 Å². The van der Waals surface area contributed by atoms with Gasteiger partial charge in [0.05, 0.1) is 30.5 Å². The first-order chi connectivity index (χ1) is 8.61. The largest absolute Gasteiger partial charge is 0.496 e.